The van der Waals surface area contributed by atoms with E-state index in [1.165, 1.54) is 49.7 Å². The van der Waals surface area contributed by atoms with Gasteiger partial charge in [0.15, 0.2) is 0 Å². The Labute approximate surface area is 321 Å². The minimum atomic E-state index is -0.352. The molecule has 1 heterocycles. The summed E-state index contributed by atoms with van der Waals surface area (Å²) in [5.41, 5.74) is 10.7. The lowest BCUT2D eigenvalue weighted by Crippen LogP contribution is -2.34. The topological polar surface area (TPSA) is 40.5 Å². The smallest absolute Gasteiger partial charge is 0.131 e. The van der Waals surface area contributed by atoms with E-state index in [-0.39, 0.29) is 22.9 Å². The van der Waals surface area contributed by atoms with Crippen molar-refractivity contribution in [3.8, 4) is 11.1 Å². The minimum absolute atomic E-state index is 0.0830. The number of allylic oxidation sites excluding steroid dienone is 16. The molecule has 4 aromatic rings. The summed E-state index contributed by atoms with van der Waals surface area (Å²) in [5.74, 6) is 0.365. The van der Waals surface area contributed by atoms with Crippen molar-refractivity contribution in [2.45, 2.75) is 74.1 Å². The zero-order valence-electron chi connectivity index (χ0n) is 32.8. The fourth-order valence-corrected chi connectivity index (χ4v) is 9.25. The van der Waals surface area contributed by atoms with Crippen LogP contribution >= 0.6 is 11.3 Å². The largest absolute Gasteiger partial charge is 0.508 e. The highest BCUT2D eigenvalue weighted by molar-refractivity contribution is 7.20. The van der Waals surface area contributed by atoms with Crippen LogP contribution in [0.25, 0.3) is 43.8 Å². The van der Waals surface area contributed by atoms with E-state index < -0.39 is 0 Å². The first-order chi connectivity index (χ1) is 25.6. The summed E-state index contributed by atoms with van der Waals surface area (Å²) in [6.07, 6.45) is 29.1. The first-order valence-corrected chi connectivity index (χ1v) is 19.7. The summed E-state index contributed by atoms with van der Waals surface area (Å²) in [7, 11) is 0. The molecule has 2 N–H and O–H groups in total. The van der Waals surface area contributed by atoms with Crippen LogP contribution in [0.3, 0.4) is 0 Å². The van der Waals surface area contributed by atoms with Crippen molar-refractivity contribution in [1.82, 2.24) is 0 Å². The van der Waals surface area contributed by atoms with Crippen molar-refractivity contribution in [3.63, 3.8) is 0 Å². The van der Waals surface area contributed by atoms with Gasteiger partial charge in [-0.2, -0.15) is 0 Å². The average molecular weight is 719 g/mol. The van der Waals surface area contributed by atoms with Gasteiger partial charge in [0.25, 0.3) is 0 Å². The van der Waals surface area contributed by atoms with E-state index in [1.807, 2.05) is 26.0 Å². The van der Waals surface area contributed by atoms with Crippen molar-refractivity contribution in [2.75, 3.05) is 0 Å². The summed E-state index contributed by atoms with van der Waals surface area (Å²) in [6, 6.07) is 15.3. The fourth-order valence-electron chi connectivity index (χ4n) is 8.07. The monoisotopic (exact) mass is 718 g/mol. The van der Waals surface area contributed by atoms with Crippen molar-refractivity contribution in [3.05, 3.63) is 177 Å². The molecule has 0 saturated heterocycles. The number of rotatable bonds is 9. The summed E-state index contributed by atoms with van der Waals surface area (Å²) < 4.78 is 1.12. The molecule has 2 aliphatic carbocycles. The van der Waals surface area contributed by atoms with Crippen molar-refractivity contribution in [1.29, 1.82) is 0 Å². The van der Waals surface area contributed by atoms with E-state index in [4.69, 9.17) is 0 Å². The molecule has 6 rings (SSSR count). The Morgan fingerprint density at radius 2 is 1.68 bits per heavy atom. The molecule has 1 unspecified atom stereocenters. The Kier molecular flexibility index (Phi) is 12.3. The third kappa shape index (κ3) is 7.03. The lowest BCUT2D eigenvalue weighted by atomic mass is 9.61. The standard InChI is InChI=1S/C48H48O2S.C2H6/c1-9-13-20-33(11-3)35-28-34-21-15-18-27-41(34)48(8,29-35)45-30(5)36(22-14-10-2)44(37-23-16-17-24-38(37)45)40-26-19-25-39-43(32(7)51-47(39)40)46(50)31(6)42(49)12-4;1-2/h9,11-29,41,49-50H,1,10H2,2-8H3;1-2H3/b20-13-,22-14-,33-11+,42-12-,46-31+;/t41-,48?;/m0./s1. The zero-order chi connectivity index (χ0) is 38.4. The molecule has 2 aliphatic rings. The predicted octanol–water partition coefficient (Wildman–Crippen LogP) is 15.1. The Morgan fingerprint density at radius 3 is 2.36 bits per heavy atom. The van der Waals surface area contributed by atoms with Gasteiger partial charge in [0.05, 0.1) is 0 Å². The summed E-state index contributed by atoms with van der Waals surface area (Å²) in [5, 5.41) is 25.4. The van der Waals surface area contributed by atoms with E-state index in [0.717, 1.165) is 32.5 Å². The average Bonchev–Trinajstić information content (AvgIpc) is 3.52. The van der Waals surface area contributed by atoms with Crippen LogP contribution in [-0.4, -0.2) is 10.2 Å². The van der Waals surface area contributed by atoms with Gasteiger partial charge in [0, 0.05) is 43.0 Å². The fraction of sp³-hybridized carbons (Fsp3) is 0.240. The van der Waals surface area contributed by atoms with Gasteiger partial charge in [0.2, 0.25) is 0 Å². The maximum atomic E-state index is 11.5. The highest BCUT2D eigenvalue weighted by Crippen LogP contribution is 2.52. The molecular weight excluding hydrogens is 665 g/mol. The third-order valence-corrected chi connectivity index (χ3v) is 11.7. The van der Waals surface area contributed by atoms with E-state index >= 15 is 0 Å². The Morgan fingerprint density at radius 1 is 0.962 bits per heavy atom. The number of aryl methyl sites for hydroxylation is 1. The van der Waals surface area contributed by atoms with E-state index in [0.29, 0.717) is 5.57 Å². The van der Waals surface area contributed by atoms with E-state index in [9.17, 15) is 10.2 Å². The van der Waals surface area contributed by atoms with E-state index in [2.05, 4.69) is 144 Å². The molecular formula is C50H54O2S. The summed E-state index contributed by atoms with van der Waals surface area (Å²) in [4.78, 5) is 1.01. The Bertz CT molecular complexity index is 2340. The molecule has 0 spiro atoms. The van der Waals surface area contributed by atoms with Crippen LogP contribution in [0.5, 0.6) is 0 Å². The normalized spacial score (nSPS) is 19.3. The lowest BCUT2D eigenvalue weighted by molar-refractivity contribution is 0.415. The van der Waals surface area contributed by atoms with Gasteiger partial charge < -0.3 is 10.2 Å². The number of aliphatic hydroxyl groups excluding tert-OH is 2. The predicted molar refractivity (Wildman–Crippen MR) is 235 cm³/mol. The van der Waals surface area contributed by atoms with Crippen molar-refractivity contribution >= 4 is 44.0 Å². The first-order valence-electron chi connectivity index (χ1n) is 18.9. The molecule has 0 saturated carbocycles. The van der Waals surface area contributed by atoms with Gasteiger partial charge in [-0.05, 0) is 96.9 Å². The van der Waals surface area contributed by atoms with Gasteiger partial charge in [0.1, 0.15) is 11.5 Å². The van der Waals surface area contributed by atoms with Gasteiger partial charge in [-0.25, -0.2) is 0 Å². The van der Waals surface area contributed by atoms with Crippen molar-refractivity contribution < 1.29 is 10.2 Å². The van der Waals surface area contributed by atoms with Gasteiger partial charge in [-0.3, -0.25) is 0 Å². The molecule has 0 fully saturated rings. The van der Waals surface area contributed by atoms with Gasteiger partial charge >= 0.3 is 0 Å². The second-order valence-corrected chi connectivity index (χ2v) is 14.8. The van der Waals surface area contributed by atoms with Crippen LogP contribution in [0, 0.1) is 19.8 Å². The number of benzene rings is 3. The molecule has 3 aromatic carbocycles. The Balaban J connectivity index is 0.00000266. The second kappa shape index (κ2) is 16.7. The van der Waals surface area contributed by atoms with Crippen molar-refractivity contribution in [2.24, 2.45) is 5.92 Å². The highest BCUT2D eigenvalue weighted by Gasteiger charge is 2.41. The first kappa shape index (κ1) is 39.1. The SMILES string of the molecule is C=C/C=C\C(=C/C)C1=CC(C)(c2c(C)c(/C=C\CC)c(-c3cccc4c(/C(O)=C(C)\C(O)=C\C)c(C)sc34)c3ccccc23)[C@H]2C=CC=CC2=C1.CC. The zero-order valence-corrected chi connectivity index (χ0v) is 33.7. The van der Waals surface area contributed by atoms with Crippen LogP contribution in [0.15, 0.2) is 150 Å². The molecule has 53 heavy (non-hydrogen) atoms. The highest BCUT2D eigenvalue weighted by atomic mass is 32.1. The molecule has 2 atom stereocenters. The van der Waals surface area contributed by atoms with Crippen LogP contribution < -0.4 is 0 Å². The van der Waals surface area contributed by atoms with E-state index in [1.54, 1.807) is 31.3 Å². The number of fused-ring (bicyclic) bond motifs is 3. The van der Waals surface area contributed by atoms with Crippen LogP contribution in [0.4, 0.5) is 0 Å². The van der Waals surface area contributed by atoms with Gasteiger partial charge in [-0.1, -0.05) is 150 Å². The number of hydrogen-bond donors (Lipinski definition) is 2. The number of aliphatic hydroxyl groups is 2. The molecule has 1 aromatic heterocycles. The van der Waals surface area contributed by atoms with Crippen LogP contribution in [0.1, 0.15) is 82.0 Å². The van der Waals surface area contributed by atoms with Gasteiger partial charge in [-0.15, -0.1) is 11.3 Å². The molecule has 2 nitrogen and oxygen atoms in total. The summed E-state index contributed by atoms with van der Waals surface area (Å²) in [6.45, 7) is 22.5. The molecule has 3 heteroatoms. The second-order valence-electron chi connectivity index (χ2n) is 13.6. The molecule has 0 radical (unpaired) electrons. The summed E-state index contributed by atoms with van der Waals surface area (Å²) >= 11 is 1.70. The maximum absolute atomic E-state index is 11.5. The van der Waals surface area contributed by atoms with Crippen LogP contribution in [0.2, 0.25) is 0 Å². The quantitative estimate of drug-likeness (QED) is 0.134. The minimum Gasteiger partial charge on any atom is -0.508 e. The molecule has 0 amide bonds. The molecule has 0 aliphatic heterocycles. The van der Waals surface area contributed by atoms with Crippen LogP contribution in [-0.2, 0) is 5.41 Å². The third-order valence-electron chi connectivity index (χ3n) is 10.5. The maximum Gasteiger partial charge on any atom is 0.131 e. The molecule has 272 valence electrons. The number of thiophene rings is 1. The number of hydrogen-bond acceptors (Lipinski definition) is 3. The lowest BCUT2D eigenvalue weighted by Gasteiger charge is -2.42. The molecule has 0 bridgehead atoms. The Hall–Kier alpha value is -5.12.